The average molecular weight is 199 g/mol. The predicted octanol–water partition coefficient (Wildman–Crippen LogP) is 2.28. The van der Waals surface area contributed by atoms with Gasteiger partial charge in [0.25, 0.3) is 0 Å². The van der Waals surface area contributed by atoms with Gasteiger partial charge in [-0.15, -0.1) is 0 Å². The first kappa shape index (κ1) is 13.6. The summed E-state index contributed by atoms with van der Waals surface area (Å²) in [7, 11) is 0. The Kier molecular flexibility index (Phi) is 9.98. The summed E-state index contributed by atoms with van der Waals surface area (Å²) < 4.78 is 0. The SMILES string of the molecule is CC(C)CCCCC(=O)O.[Mn]. The van der Waals surface area contributed by atoms with Crippen LogP contribution in [0.3, 0.4) is 0 Å². The smallest absolute Gasteiger partial charge is 0.303 e. The predicted molar refractivity (Wildman–Crippen MR) is 40.9 cm³/mol. The molecule has 0 saturated carbocycles. The Balaban J connectivity index is 0. The second-order valence-electron chi connectivity index (χ2n) is 3.03. The van der Waals surface area contributed by atoms with Crippen LogP contribution >= 0.6 is 0 Å². The molecule has 0 rings (SSSR count). The second-order valence-corrected chi connectivity index (χ2v) is 3.03. The minimum Gasteiger partial charge on any atom is -0.481 e. The third kappa shape index (κ3) is 13.1. The molecule has 0 aliphatic carbocycles. The number of rotatable bonds is 5. The molecule has 0 atom stereocenters. The first-order valence-corrected chi connectivity index (χ1v) is 3.84. The van der Waals surface area contributed by atoms with Crippen LogP contribution in [0.4, 0.5) is 0 Å². The maximum atomic E-state index is 10.0. The number of carboxylic acids is 1. The fourth-order valence-electron chi connectivity index (χ4n) is 0.829. The summed E-state index contributed by atoms with van der Waals surface area (Å²) in [6, 6.07) is 0. The van der Waals surface area contributed by atoms with E-state index in [2.05, 4.69) is 13.8 Å². The molecular formula is C8H16MnO2. The molecule has 1 radical (unpaired) electrons. The number of carbonyl (C=O) groups is 1. The molecular weight excluding hydrogens is 183 g/mol. The van der Waals surface area contributed by atoms with Crippen molar-refractivity contribution in [2.75, 3.05) is 0 Å². The van der Waals surface area contributed by atoms with Crippen LogP contribution < -0.4 is 0 Å². The van der Waals surface area contributed by atoms with Crippen molar-refractivity contribution in [2.24, 2.45) is 5.92 Å². The summed E-state index contributed by atoms with van der Waals surface area (Å²) in [5.74, 6) is 0.0255. The van der Waals surface area contributed by atoms with Gasteiger partial charge in [0, 0.05) is 23.5 Å². The number of hydrogen-bond acceptors (Lipinski definition) is 1. The maximum absolute atomic E-state index is 10.0. The largest absolute Gasteiger partial charge is 0.481 e. The second kappa shape index (κ2) is 8.09. The summed E-state index contributed by atoms with van der Waals surface area (Å²) in [5, 5.41) is 8.28. The molecule has 0 aromatic carbocycles. The van der Waals surface area contributed by atoms with Crippen LogP contribution in [0.5, 0.6) is 0 Å². The van der Waals surface area contributed by atoms with Crippen molar-refractivity contribution in [3.63, 3.8) is 0 Å². The molecule has 11 heavy (non-hydrogen) atoms. The molecule has 3 heteroatoms. The summed E-state index contributed by atoms with van der Waals surface area (Å²) in [4.78, 5) is 10.0. The summed E-state index contributed by atoms with van der Waals surface area (Å²) >= 11 is 0. The van der Waals surface area contributed by atoms with E-state index in [0.717, 1.165) is 19.3 Å². The van der Waals surface area contributed by atoms with Crippen molar-refractivity contribution in [3.8, 4) is 0 Å². The Morgan fingerprint density at radius 1 is 1.36 bits per heavy atom. The van der Waals surface area contributed by atoms with Crippen molar-refractivity contribution >= 4 is 5.97 Å². The van der Waals surface area contributed by atoms with Crippen molar-refractivity contribution in [2.45, 2.75) is 39.5 Å². The molecule has 0 amide bonds. The van der Waals surface area contributed by atoms with Gasteiger partial charge in [0.1, 0.15) is 0 Å². The van der Waals surface area contributed by atoms with Gasteiger partial charge in [0.2, 0.25) is 0 Å². The first-order valence-electron chi connectivity index (χ1n) is 3.84. The van der Waals surface area contributed by atoms with Crippen LogP contribution in [0.2, 0.25) is 0 Å². The van der Waals surface area contributed by atoms with Gasteiger partial charge in [-0.05, 0) is 12.3 Å². The molecule has 0 spiro atoms. The van der Waals surface area contributed by atoms with Crippen LogP contribution in [0, 0.1) is 5.92 Å². The van der Waals surface area contributed by atoms with Crippen LogP contribution in [0.1, 0.15) is 39.5 Å². The molecule has 0 aliphatic heterocycles. The van der Waals surface area contributed by atoms with Gasteiger partial charge >= 0.3 is 5.97 Å². The third-order valence-electron chi connectivity index (χ3n) is 1.42. The molecule has 0 unspecified atom stereocenters. The molecule has 1 N–H and O–H groups in total. The van der Waals surface area contributed by atoms with Gasteiger partial charge < -0.3 is 5.11 Å². The van der Waals surface area contributed by atoms with E-state index in [-0.39, 0.29) is 17.1 Å². The molecule has 0 fully saturated rings. The van der Waals surface area contributed by atoms with E-state index in [0.29, 0.717) is 12.3 Å². The molecule has 2 nitrogen and oxygen atoms in total. The number of aliphatic carboxylic acids is 1. The fraction of sp³-hybridized carbons (Fsp3) is 0.875. The Labute approximate surface area is 78.8 Å². The molecule has 0 saturated heterocycles. The zero-order valence-electron chi connectivity index (χ0n) is 7.14. The number of carboxylic acid groups (broad SMARTS) is 1. The van der Waals surface area contributed by atoms with Crippen molar-refractivity contribution in [1.29, 1.82) is 0 Å². The van der Waals surface area contributed by atoms with Gasteiger partial charge in [-0.2, -0.15) is 0 Å². The van der Waals surface area contributed by atoms with E-state index in [1.165, 1.54) is 0 Å². The number of hydrogen-bond donors (Lipinski definition) is 1. The normalized spacial score (nSPS) is 9.36. The van der Waals surface area contributed by atoms with E-state index in [4.69, 9.17) is 5.11 Å². The van der Waals surface area contributed by atoms with Gasteiger partial charge in [-0.3, -0.25) is 4.79 Å². The minimum absolute atomic E-state index is 0. The van der Waals surface area contributed by atoms with Crippen molar-refractivity contribution < 1.29 is 27.0 Å². The standard InChI is InChI=1S/C8H16O2.Mn/c1-7(2)5-3-4-6-8(9)10;/h7H,3-6H2,1-2H3,(H,9,10);. The summed E-state index contributed by atoms with van der Waals surface area (Å²) in [5.41, 5.74) is 0. The Morgan fingerprint density at radius 2 is 1.91 bits per heavy atom. The monoisotopic (exact) mass is 199 g/mol. The average Bonchev–Trinajstić information content (AvgIpc) is 1.79. The van der Waals surface area contributed by atoms with Crippen LogP contribution in [0.15, 0.2) is 0 Å². The molecule has 0 aromatic rings. The van der Waals surface area contributed by atoms with Gasteiger partial charge in [0.15, 0.2) is 0 Å². The third-order valence-corrected chi connectivity index (χ3v) is 1.42. The first-order chi connectivity index (χ1) is 4.63. The maximum Gasteiger partial charge on any atom is 0.303 e. The molecule has 0 heterocycles. The van der Waals surface area contributed by atoms with Gasteiger partial charge in [-0.1, -0.05) is 26.7 Å². The number of unbranched alkanes of at least 4 members (excludes halogenated alkanes) is 1. The zero-order valence-corrected chi connectivity index (χ0v) is 8.32. The van der Waals surface area contributed by atoms with Crippen LogP contribution in [-0.4, -0.2) is 11.1 Å². The van der Waals surface area contributed by atoms with E-state index in [9.17, 15) is 4.79 Å². The van der Waals surface area contributed by atoms with Crippen LogP contribution in [-0.2, 0) is 21.9 Å². The molecule has 0 bridgehead atoms. The minimum atomic E-state index is -0.677. The topological polar surface area (TPSA) is 37.3 Å². The fourth-order valence-corrected chi connectivity index (χ4v) is 0.829. The van der Waals surface area contributed by atoms with Crippen molar-refractivity contribution in [3.05, 3.63) is 0 Å². The van der Waals surface area contributed by atoms with E-state index >= 15 is 0 Å². The van der Waals surface area contributed by atoms with Gasteiger partial charge in [0.05, 0.1) is 0 Å². The molecule has 0 aliphatic rings. The Morgan fingerprint density at radius 3 is 2.27 bits per heavy atom. The van der Waals surface area contributed by atoms with E-state index < -0.39 is 5.97 Å². The van der Waals surface area contributed by atoms with Gasteiger partial charge in [-0.25, -0.2) is 0 Å². The van der Waals surface area contributed by atoms with E-state index in [1.54, 1.807) is 0 Å². The van der Waals surface area contributed by atoms with E-state index in [1.807, 2.05) is 0 Å². The molecule has 0 aromatic heterocycles. The van der Waals surface area contributed by atoms with Crippen LogP contribution in [0.25, 0.3) is 0 Å². The Bertz CT molecular complexity index is 102. The van der Waals surface area contributed by atoms with Crippen molar-refractivity contribution in [1.82, 2.24) is 0 Å². The quantitative estimate of drug-likeness (QED) is 0.544. The molecule has 67 valence electrons. The summed E-state index contributed by atoms with van der Waals surface area (Å²) in [6.45, 7) is 4.31. The Hall–Kier alpha value is -0.0105. The summed E-state index contributed by atoms with van der Waals surface area (Å²) in [6.07, 6.45) is 3.34. The zero-order chi connectivity index (χ0) is 7.98.